The minimum atomic E-state index is -0.184. The summed E-state index contributed by atoms with van der Waals surface area (Å²) in [6.45, 7) is 0.848. The first-order chi connectivity index (χ1) is 12.7. The fourth-order valence-electron chi connectivity index (χ4n) is 3.17. The number of fused-ring (bicyclic) bond motifs is 1. The normalized spacial score (nSPS) is 12.8. The second kappa shape index (κ2) is 8.61. The molecule has 0 aliphatic heterocycles. The van der Waals surface area contributed by atoms with Gasteiger partial charge in [-0.05, 0) is 61.1 Å². The van der Waals surface area contributed by atoms with E-state index in [9.17, 15) is 4.79 Å². The summed E-state index contributed by atoms with van der Waals surface area (Å²) < 4.78 is 16.2. The van der Waals surface area contributed by atoms with Crippen LogP contribution in [0.4, 0.5) is 0 Å². The van der Waals surface area contributed by atoms with Crippen molar-refractivity contribution in [1.82, 2.24) is 5.32 Å². The van der Waals surface area contributed by atoms with Crippen LogP contribution in [-0.2, 0) is 12.8 Å². The zero-order valence-electron chi connectivity index (χ0n) is 15.3. The summed E-state index contributed by atoms with van der Waals surface area (Å²) in [6, 6.07) is 11.4. The number of benzene rings is 2. The van der Waals surface area contributed by atoms with Gasteiger partial charge in [-0.15, -0.1) is 0 Å². The zero-order chi connectivity index (χ0) is 18.4. The first-order valence-electron chi connectivity index (χ1n) is 8.95. The molecule has 0 heterocycles. The highest BCUT2D eigenvalue weighted by atomic mass is 16.5. The Hall–Kier alpha value is -2.69. The number of hydrogen-bond acceptors (Lipinski definition) is 4. The van der Waals surface area contributed by atoms with Gasteiger partial charge in [-0.3, -0.25) is 4.79 Å². The van der Waals surface area contributed by atoms with Crippen LogP contribution in [0.3, 0.4) is 0 Å². The quantitative estimate of drug-likeness (QED) is 0.774. The van der Waals surface area contributed by atoms with Crippen LogP contribution in [0, 0.1) is 0 Å². The van der Waals surface area contributed by atoms with E-state index in [1.54, 1.807) is 32.4 Å². The number of carbonyl (C=O) groups excluding carboxylic acids is 1. The summed E-state index contributed by atoms with van der Waals surface area (Å²) >= 11 is 0. The third-order valence-electron chi connectivity index (χ3n) is 4.59. The van der Waals surface area contributed by atoms with Gasteiger partial charge in [-0.2, -0.15) is 0 Å². The van der Waals surface area contributed by atoms with Gasteiger partial charge < -0.3 is 19.5 Å². The van der Waals surface area contributed by atoms with Gasteiger partial charge in [0.2, 0.25) is 0 Å². The third kappa shape index (κ3) is 4.48. The average molecular weight is 355 g/mol. The van der Waals surface area contributed by atoms with Crippen molar-refractivity contribution in [3.63, 3.8) is 0 Å². The third-order valence-corrected chi connectivity index (χ3v) is 4.59. The molecule has 0 saturated carbocycles. The van der Waals surface area contributed by atoms with Gasteiger partial charge in [-0.25, -0.2) is 0 Å². The minimum absolute atomic E-state index is 0.184. The number of amides is 1. The number of aryl methyl sites for hydroxylation is 2. The van der Waals surface area contributed by atoms with Crippen LogP contribution in [0.25, 0.3) is 0 Å². The molecule has 0 atom stereocenters. The monoisotopic (exact) mass is 355 g/mol. The molecule has 0 saturated heterocycles. The van der Waals surface area contributed by atoms with Crippen molar-refractivity contribution < 1.29 is 19.0 Å². The summed E-state index contributed by atoms with van der Waals surface area (Å²) in [5.74, 6) is 1.85. The van der Waals surface area contributed by atoms with Crippen LogP contribution in [0.15, 0.2) is 36.4 Å². The number of rotatable bonds is 7. The molecule has 2 aromatic carbocycles. The van der Waals surface area contributed by atoms with Crippen molar-refractivity contribution in [2.45, 2.75) is 25.7 Å². The fourth-order valence-corrected chi connectivity index (χ4v) is 3.17. The van der Waals surface area contributed by atoms with Crippen LogP contribution in [-0.4, -0.2) is 33.3 Å². The van der Waals surface area contributed by atoms with Crippen molar-refractivity contribution >= 4 is 5.91 Å². The van der Waals surface area contributed by atoms with E-state index in [0.717, 1.165) is 18.6 Å². The molecule has 0 bridgehead atoms. The van der Waals surface area contributed by atoms with Crippen LogP contribution in [0.1, 0.15) is 34.3 Å². The Morgan fingerprint density at radius 1 is 0.923 bits per heavy atom. The molecule has 1 aliphatic carbocycles. The van der Waals surface area contributed by atoms with Gasteiger partial charge in [0, 0.05) is 11.6 Å². The lowest BCUT2D eigenvalue weighted by atomic mass is 9.92. The largest absolute Gasteiger partial charge is 0.497 e. The van der Waals surface area contributed by atoms with Crippen LogP contribution >= 0.6 is 0 Å². The lowest BCUT2D eigenvalue weighted by molar-refractivity contribution is 0.0946. The van der Waals surface area contributed by atoms with Crippen LogP contribution in [0.5, 0.6) is 17.2 Å². The van der Waals surface area contributed by atoms with E-state index in [1.807, 2.05) is 6.07 Å². The molecule has 1 N–H and O–H groups in total. The molecule has 138 valence electrons. The standard InChI is InChI=1S/C21H25NO4/c1-24-19-12-17(13-20(14-19)25-2)21(23)22-9-10-26-18-8-7-15-5-3-4-6-16(15)11-18/h7-8,11-14H,3-6,9-10H2,1-2H3,(H,22,23). The molecule has 5 heteroatoms. The first-order valence-corrected chi connectivity index (χ1v) is 8.95. The Bertz CT molecular complexity index is 750. The van der Waals surface area contributed by atoms with E-state index in [2.05, 4.69) is 17.4 Å². The smallest absolute Gasteiger partial charge is 0.251 e. The maximum absolute atomic E-state index is 12.3. The summed E-state index contributed by atoms with van der Waals surface area (Å²) in [5, 5.41) is 2.86. The molecule has 3 rings (SSSR count). The summed E-state index contributed by atoms with van der Waals surface area (Å²) in [4.78, 5) is 12.3. The van der Waals surface area contributed by atoms with Crippen molar-refractivity contribution in [3.05, 3.63) is 53.1 Å². The van der Waals surface area contributed by atoms with E-state index in [0.29, 0.717) is 30.2 Å². The molecule has 0 spiro atoms. The fraction of sp³-hybridized carbons (Fsp3) is 0.381. The highest BCUT2D eigenvalue weighted by molar-refractivity contribution is 5.95. The Kier molecular flexibility index (Phi) is 6.00. The predicted molar refractivity (Wildman–Crippen MR) is 100 cm³/mol. The van der Waals surface area contributed by atoms with E-state index < -0.39 is 0 Å². The van der Waals surface area contributed by atoms with E-state index in [-0.39, 0.29) is 5.91 Å². The van der Waals surface area contributed by atoms with Gasteiger partial charge in [0.15, 0.2) is 0 Å². The maximum atomic E-state index is 12.3. The molecule has 0 unspecified atom stereocenters. The molecular formula is C21H25NO4. The van der Waals surface area contributed by atoms with Crippen LogP contribution in [0.2, 0.25) is 0 Å². The molecule has 1 amide bonds. The zero-order valence-corrected chi connectivity index (χ0v) is 15.3. The number of ether oxygens (including phenoxy) is 3. The summed E-state index contributed by atoms with van der Waals surface area (Å²) in [6.07, 6.45) is 4.81. The number of carbonyl (C=O) groups is 1. The van der Waals surface area contributed by atoms with Crippen molar-refractivity contribution in [2.75, 3.05) is 27.4 Å². The molecule has 0 aromatic heterocycles. The van der Waals surface area contributed by atoms with Crippen molar-refractivity contribution in [3.8, 4) is 17.2 Å². The number of nitrogens with one attached hydrogen (secondary N) is 1. The molecular weight excluding hydrogens is 330 g/mol. The van der Waals surface area contributed by atoms with Crippen molar-refractivity contribution in [1.29, 1.82) is 0 Å². The second-order valence-electron chi connectivity index (χ2n) is 6.34. The Labute approximate surface area is 154 Å². The maximum Gasteiger partial charge on any atom is 0.251 e. The van der Waals surface area contributed by atoms with Gasteiger partial charge in [0.05, 0.1) is 20.8 Å². The molecule has 0 radical (unpaired) electrons. The molecule has 2 aromatic rings. The minimum Gasteiger partial charge on any atom is -0.497 e. The highest BCUT2D eigenvalue weighted by Gasteiger charge is 2.11. The SMILES string of the molecule is COc1cc(OC)cc(C(=O)NCCOc2ccc3c(c2)CCCC3)c1. The molecule has 0 fully saturated rings. The topological polar surface area (TPSA) is 56.8 Å². The Balaban J connectivity index is 1.51. The second-order valence-corrected chi connectivity index (χ2v) is 6.34. The van der Waals surface area contributed by atoms with E-state index >= 15 is 0 Å². The first kappa shape index (κ1) is 18.1. The predicted octanol–water partition coefficient (Wildman–Crippen LogP) is 3.39. The van der Waals surface area contributed by atoms with E-state index in [1.165, 1.54) is 24.0 Å². The Morgan fingerprint density at radius 2 is 1.62 bits per heavy atom. The van der Waals surface area contributed by atoms with Crippen molar-refractivity contribution in [2.24, 2.45) is 0 Å². The molecule has 26 heavy (non-hydrogen) atoms. The summed E-state index contributed by atoms with van der Waals surface area (Å²) in [7, 11) is 3.12. The van der Waals surface area contributed by atoms with E-state index in [4.69, 9.17) is 14.2 Å². The lowest BCUT2D eigenvalue weighted by Gasteiger charge is -2.17. The summed E-state index contributed by atoms with van der Waals surface area (Å²) in [5.41, 5.74) is 3.32. The van der Waals surface area contributed by atoms with Crippen LogP contribution < -0.4 is 19.5 Å². The Morgan fingerprint density at radius 3 is 2.31 bits per heavy atom. The van der Waals surface area contributed by atoms with Gasteiger partial charge >= 0.3 is 0 Å². The average Bonchev–Trinajstić information content (AvgIpc) is 2.70. The molecule has 1 aliphatic rings. The van der Waals surface area contributed by atoms with Gasteiger partial charge in [-0.1, -0.05) is 6.07 Å². The van der Waals surface area contributed by atoms with Gasteiger partial charge in [0.25, 0.3) is 5.91 Å². The highest BCUT2D eigenvalue weighted by Crippen LogP contribution is 2.25. The van der Waals surface area contributed by atoms with Gasteiger partial charge in [0.1, 0.15) is 23.9 Å². The number of methoxy groups -OCH3 is 2. The molecule has 5 nitrogen and oxygen atoms in total. The number of hydrogen-bond donors (Lipinski definition) is 1. The lowest BCUT2D eigenvalue weighted by Crippen LogP contribution is -2.28.